The molecule has 0 unspecified atom stereocenters. The van der Waals surface area contributed by atoms with Crippen LogP contribution in [0.4, 0.5) is 11.4 Å². The number of amides is 1. The Balaban J connectivity index is 1.81. The number of phenols is 1. The molecule has 3 N–H and O–H groups in total. The molecule has 3 aromatic rings. The number of phenolic OH excluding ortho intramolecular Hbond substituents is 1. The quantitative estimate of drug-likeness (QED) is 0.432. The molecule has 3 rings (SSSR count). The number of rotatable bonds is 5. The number of methoxy groups -OCH3 is 1. The number of carbonyl (C=O) groups is 1. The van der Waals surface area contributed by atoms with Crippen molar-refractivity contribution in [2.45, 2.75) is 0 Å². The lowest BCUT2D eigenvalue weighted by atomic mass is 10.1. The smallest absolute Gasteiger partial charge is 0.267 e. The number of aromatic hydroxyl groups is 1. The average molecular weight is 394 g/mol. The first kappa shape index (κ1) is 19.1. The molecule has 0 saturated heterocycles. The number of nitrogens with zero attached hydrogens (tertiary/aromatic N) is 1. The lowest BCUT2D eigenvalue weighted by Gasteiger charge is -2.09. The summed E-state index contributed by atoms with van der Waals surface area (Å²) in [5, 5.41) is 26.6. The lowest BCUT2D eigenvalue weighted by molar-refractivity contribution is -0.112. The molecule has 7 heteroatoms. The second-order valence-corrected chi connectivity index (χ2v) is 6.20. The summed E-state index contributed by atoms with van der Waals surface area (Å²) in [6, 6.07) is 17.1. The van der Waals surface area contributed by atoms with E-state index in [1.807, 2.05) is 12.1 Å². The van der Waals surface area contributed by atoms with Crippen LogP contribution in [0.25, 0.3) is 10.8 Å². The summed E-state index contributed by atoms with van der Waals surface area (Å²) >= 11 is 6.05. The summed E-state index contributed by atoms with van der Waals surface area (Å²) in [5.74, 6) is 0.0515. The Morgan fingerprint density at radius 3 is 2.64 bits per heavy atom. The minimum atomic E-state index is -0.584. The fourth-order valence-corrected chi connectivity index (χ4v) is 2.92. The van der Waals surface area contributed by atoms with E-state index < -0.39 is 5.91 Å². The maximum absolute atomic E-state index is 12.4. The van der Waals surface area contributed by atoms with E-state index >= 15 is 0 Å². The van der Waals surface area contributed by atoms with Crippen LogP contribution < -0.4 is 15.4 Å². The van der Waals surface area contributed by atoms with E-state index in [0.29, 0.717) is 27.5 Å². The van der Waals surface area contributed by atoms with Crippen molar-refractivity contribution < 1.29 is 14.6 Å². The molecule has 0 saturated carbocycles. The molecule has 6 nitrogen and oxygen atoms in total. The molecule has 0 atom stereocenters. The Morgan fingerprint density at radius 2 is 1.93 bits per heavy atom. The lowest BCUT2D eigenvalue weighted by Crippen LogP contribution is -2.14. The van der Waals surface area contributed by atoms with Crippen LogP contribution in [0.15, 0.2) is 66.4 Å². The van der Waals surface area contributed by atoms with E-state index in [0.717, 1.165) is 5.39 Å². The Bertz CT molecular complexity index is 1120. The first-order valence-corrected chi connectivity index (χ1v) is 8.63. The van der Waals surface area contributed by atoms with E-state index in [4.69, 9.17) is 16.3 Å². The van der Waals surface area contributed by atoms with Crippen LogP contribution in [-0.4, -0.2) is 18.1 Å². The number of anilines is 2. The molecule has 1 amide bonds. The normalized spacial score (nSPS) is 11.0. The Morgan fingerprint density at radius 1 is 1.18 bits per heavy atom. The van der Waals surface area contributed by atoms with Crippen molar-refractivity contribution in [3.05, 3.63) is 71.4 Å². The van der Waals surface area contributed by atoms with Gasteiger partial charge in [0.2, 0.25) is 0 Å². The van der Waals surface area contributed by atoms with Crippen molar-refractivity contribution in [1.82, 2.24) is 0 Å². The molecule has 0 radical (unpaired) electrons. The number of fused-ring (bicyclic) bond motifs is 1. The number of benzene rings is 3. The highest BCUT2D eigenvalue weighted by Gasteiger charge is 2.11. The van der Waals surface area contributed by atoms with Gasteiger partial charge in [0.05, 0.1) is 12.1 Å². The monoisotopic (exact) mass is 393 g/mol. The summed E-state index contributed by atoms with van der Waals surface area (Å²) in [6.45, 7) is 0. The third-order valence-corrected chi connectivity index (χ3v) is 4.34. The maximum Gasteiger partial charge on any atom is 0.267 e. The van der Waals surface area contributed by atoms with Crippen molar-refractivity contribution >= 4 is 39.7 Å². The summed E-state index contributed by atoms with van der Waals surface area (Å²) in [6.07, 6.45) is 1.32. The molecule has 28 heavy (non-hydrogen) atoms. The van der Waals surface area contributed by atoms with Gasteiger partial charge >= 0.3 is 0 Å². The molecule has 0 aromatic heterocycles. The summed E-state index contributed by atoms with van der Waals surface area (Å²) in [5.41, 5.74) is 0.970. The molecule has 0 aliphatic rings. The molecular formula is C21H16ClN3O3. The summed E-state index contributed by atoms with van der Waals surface area (Å²) in [7, 11) is 1.49. The van der Waals surface area contributed by atoms with Crippen LogP contribution in [0.1, 0.15) is 0 Å². The van der Waals surface area contributed by atoms with Crippen LogP contribution in [0.3, 0.4) is 0 Å². The SMILES string of the molecule is COc1ccc(NC(=O)/C(C#N)=C\Nc2cccc3c(O)cccc23)cc1Cl. The second-order valence-electron chi connectivity index (χ2n) is 5.80. The van der Waals surface area contributed by atoms with Gasteiger partial charge < -0.3 is 20.5 Å². The number of halogens is 1. The standard InChI is InChI=1S/C21H16ClN3O3/c1-28-20-9-8-14(10-17(20)22)25-21(27)13(11-23)12-24-18-6-2-5-16-15(18)4-3-7-19(16)26/h2-10,12,24,26H,1H3,(H,25,27)/b13-12-. The van der Waals surface area contributed by atoms with Crippen molar-refractivity contribution in [3.8, 4) is 17.6 Å². The largest absolute Gasteiger partial charge is 0.507 e. The number of nitrogens with one attached hydrogen (secondary N) is 2. The van der Waals surface area contributed by atoms with Gasteiger partial charge in [-0.3, -0.25) is 4.79 Å². The minimum Gasteiger partial charge on any atom is -0.507 e. The van der Waals surface area contributed by atoms with Crippen LogP contribution in [0.5, 0.6) is 11.5 Å². The fourth-order valence-electron chi connectivity index (χ4n) is 2.66. The van der Waals surface area contributed by atoms with E-state index in [-0.39, 0.29) is 11.3 Å². The third-order valence-electron chi connectivity index (χ3n) is 4.05. The Hall–Kier alpha value is -3.69. The number of nitriles is 1. The van der Waals surface area contributed by atoms with E-state index in [1.54, 1.807) is 42.5 Å². The van der Waals surface area contributed by atoms with Gasteiger partial charge in [0.25, 0.3) is 5.91 Å². The Labute approximate surface area is 166 Å². The van der Waals surface area contributed by atoms with Crippen LogP contribution >= 0.6 is 11.6 Å². The zero-order valence-corrected chi connectivity index (χ0v) is 15.6. The zero-order chi connectivity index (χ0) is 20.1. The van der Waals surface area contributed by atoms with Crippen LogP contribution in [0.2, 0.25) is 5.02 Å². The van der Waals surface area contributed by atoms with Crippen LogP contribution in [-0.2, 0) is 4.79 Å². The van der Waals surface area contributed by atoms with Gasteiger partial charge in [-0.25, -0.2) is 0 Å². The molecular weight excluding hydrogens is 378 g/mol. The first-order valence-electron chi connectivity index (χ1n) is 8.26. The highest BCUT2D eigenvalue weighted by molar-refractivity contribution is 6.32. The van der Waals surface area contributed by atoms with Crippen LogP contribution in [0, 0.1) is 11.3 Å². The van der Waals surface area contributed by atoms with E-state index in [9.17, 15) is 15.2 Å². The molecule has 140 valence electrons. The highest BCUT2D eigenvalue weighted by atomic mass is 35.5. The molecule has 0 spiro atoms. The fraction of sp³-hybridized carbons (Fsp3) is 0.0476. The van der Waals surface area contributed by atoms with Gasteiger partial charge in [0.15, 0.2) is 0 Å². The minimum absolute atomic E-state index is 0.121. The summed E-state index contributed by atoms with van der Waals surface area (Å²) in [4.78, 5) is 12.4. The Kier molecular flexibility index (Phi) is 5.68. The molecule has 0 aliphatic carbocycles. The molecule has 0 bridgehead atoms. The van der Waals surface area contributed by atoms with E-state index in [2.05, 4.69) is 10.6 Å². The van der Waals surface area contributed by atoms with Crippen molar-refractivity contribution in [2.75, 3.05) is 17.7 Å². The van der Waals surface area contributed by atoms with Crippen molar-refractivity contribution in [3.63, 3.8) is 0 Å². The van der Waals surface area contributed by atoms with Gasteiger partial charge in [-0.05, 0) is 30.3 Å². The second kappa shape index (κ2) is 8.33. The molecule has 3 aromatic carbocycles. The van der Waals surface area contributed by atoms with Gasteiger partial charge in [0.1, 0.15) is 23.1 Å². The predicted molar refractivity (Wildman–Crippen MR) is 110 cm³/mol. The van der Waals surface area contributed by atoms with E-state index in [1.165, 1.54) is 19.4 Å². The predicted octanol–water partition coefficient (Wildman–Crippen LogP) is 4.67. The van der Waals surface area contributed by atoms with Crippen molar-refractivity contribution in [1.29, 1.82) is 5.26 Å². The zero-order valence-electron chi connectivity index (χ0n) is 14.9. The van der Waals surface area contributed by atoms with Gasteiger partial charge in [-0.1, -0.05) is 35.9 Å². The topological polar surface area (TPSA) is 94.4 Å². The molecule has 0 aliphatic heterocycles. The van der Waals surface area contributed by atoms with Gasteiger partial charge in [-0.15, -0.1) is 0 Å². The van der Waals surface area contributed by atoms with Crippen molar-refractivity contribution in [2.24, 2.45) is 0 Å². The molecule has 0 heterocycles. The van der Waals surface area contributed by atoms with Gasteiger partial charge in [-0.2, -0.15) is 5.26 Å². The van der Waals surface area contributed by atoms with Gasteiger partial charge in [0, 0.05) is 28.3 Å². The number of ether oxygens (including phenoxy) is 1. The third kappa shape index (κ3) is 4.00. The maximum atomic E-state index is 12.4. The number of hydrogen-bond donors (Lipinski definition) is 3. The summed E-state index contributed by atoms with van der Waals surface area (Å²) < 4.78 is 5.07. The average Bonchev–Trinajstić information content (AvgIpc) is 2.69. The number of carbonyl (C=O) groups excluding carboxylic acids is 1. The highest BCUT2D eigenvalue weighted by Crippen LogP contribution is 2.30. The first-order chi connectivity index (χ1) is 13.5. The number of hydrogen-bond acceptors (Lipinski definition) is 5. The molecule has 0 fully saturated rings.